The highest BCUT2D eigenvalue weighted by atomic mass is 32.2. The summed E-state index contributed by atoms with van der Waals surface area (Å²) in [5, 5.41) is 12.7. The van der Waals surface area contributed by atoms with E-state index in [1.807, 2.05) is 19.0 Å². The second-order valence-electron chi connectivity index (χ2n) is 4.83. The Kier molecular flexibility index (Phi) is 7.83. The molecule has 0 aliphatic heterocycles. The predicted octanol–water partition coefficient (Wildman–Crippen LogP) is -0.878. The SMILES string of the molecule is CN(C)CCOCCNS(=O)(=O)c1cnn(CCCO)c1. The lowest BCUT2D eigenvalue weighted by atomic mass is 10.5. The first-order valence-electron chi connectivity index (χ1n) is 6.81. The minimum Gasteiger partial charge on any atom is -0.396 e. The average Bonchev–Trinajstić information content (AvgIpc) is 2.89. The van der Waals surface area contributed by atoms with Crippen LogP contribution in [0, 0.1) is 0 Å². The number of aliphatic hydroxyl groups is 1. The zero-order valence-electron chi connectivity index (χ0n) is 12.5. The lowest BCUT2D eigenvalue weighted by Crippen LogP contribution is -2.28. The third kappa shape index (κ3) is 7.00. The number of sulfonamides is 1. The van der Waals surface area contributed by atoms with E-state index >= 15 is 0 Å². The van der Waals surface area contributed by atoms with Crippen molar-refractivity contribution in [3.05, 3.63) is 12.4 Å². The minimum atomic E-state index is -3.55. The third-order valence-electron chi connectivity index (χ3n) is 2.69. The van der Waals surface area contributed by atoms with Crippen LogP contribution < -0.4 is 4.72 Å². The number of hydrogen-bond acceptors (Lipinski definition) is 6. The van der Waals surface area contributed by atoms with Crippen LogP contribution in [-0.2, 0) is 21.3 Å². The Hall–Kier alpha value is -1.00. The molecule has 2 N–H and O–H groups in total. The summed E-state index contributed by atoms with van der Waals surface area (Å²) >= 11 is 0. The van der Waals surface area contributed by atoms with E-state index in [4.69, 9.17) is 9.84 Å². The second kappa shape index (κ2) is 9.11. The molecule has 0 bridgehead atoms. The van der Waals surface area contributed by atoms with Gasteiger partial charge < -0.3 is 14.7 Å². The number of ether oxygens (including phenoxy) is 1. The van der Waals surface area contributed by atoms with Crippen LogP contribution in [0.25, 0.3) is 0 Å². The van der Waals surface area contributed by atoms with E-state index in [0.717, 1.165) is 6.54 Å². The van der Waals surface area contributed by atoms with Crippen LogP contribution >= 0.6 is 0 Å². The summed E-state index contributed by atoms with van der Waals surface area (Å²) < 4.78 is 33.2. The van der Waals surface area contributed by atoms with Crippen molar-refractivity contribution in [1.29, 1.82) is 0 Å². The van der Waals surface area contributed by atoms with Crippen LogP contribution in [0.5, 0.6) is 0 Å². The number of likely N-dealkylation sites (N-methyl/N-ethyl adjacent to an activating group) is 1. The molecule has 0 unspecified atom stereocenters. The van der Waals surface area contributed by atoms with E-state index in [9.17, 15) is 8.42 Å². The Bertz CT molecular complexity index is 501. The van der Waals surface area contributed by atoms with Crippen molar-refractivity contribution in [2.45, 2.75) is 17.9 Å². The predicted molar refractivity (Wildman–Crippen MR) is 78.5 cm³/mol. The van der Waals surface area contributed by atoms with E-state index in [2.05, 4.69) is 9.82 Å². The molecule has 0 aliphatic rings. The number of aromatic nitrogens is 2. The van der Waals surface area contributed by atoms with Gasteiger partial charge in [0.25, 0.3) is 0 Å². The Balaban J connectivity index is 2.34. The standard InChI is InChI=1S/C12H24N4O4S/c1-15(2)6-9-20-8-4-14-21(18,19)12-10-13-16(11-12)5-3-7-17/h10-11,14,17H,3-9H2,1-2H3. The molecule has 0 fully saturated rings. The van der Waals surface area contributed by atoms with Gasteiger partial charge in [0.05, 0.1) is 19.4 Å². The van der Waals surface area contributed by atoms with Crippen molar-refractivity contribution in [1.82, 2.24) is 19.4 Å². The van der Waals surface area contributed by atoms with Crippen LogP contribution in [0.1, 0.15) is 6.42 Å². The maximum atomic E-state index is 12.0. The van der Waals surface area contributed by atoms with Gasteiger partial charge in [0.1, 0.15) is 4.90 Å². The van der Waals surface area contributed by atoms with E-state index in [0.29, 0.717) is 26.2 Å². The fourth-order valence-corrected chi connectivity index (χ4v) is 2.48. The fraction of sp³-hybridized carbons (Fsp3) is 0.750. The molecule has 0 amide bonds. The number of rotatable bonds is 11. The molecule has 1 aromatic heterocycles. The molecule has 1 aromatic rings. The van der Waals surface area contributed by atoms with E-state index in [1.165, 1.54) is 17.1 Å². The highest BCUT2D eigenvalue weighted by molar-refractivity contribution is 7.89. The highest BCUT2D eigenvalue weighted by Crippen LogP contribution is 2.06. The third-order valence-corrected chi connectivity index (χ3v) is 4.10. The van der Waals surface area contributed by atoms with Gasteiger partial charge in [0.15, 0.2) is 0 Å². The molecule has 9 heteroatoms. The van der Waals surface area contributed by atoms with Gasteiger partial charge in [-0.1, -0.05) is 0 Å². The normalized spacial score (nSPS) is 12.2. The molecule has 0 aromatic carbocycles. The van der Waals surface area contributed by atoms with Gasteiger partial charge in [-0.15, -0.1) is 0 Å². The lowest BCUT2D eigenvalue weighted by molar-refractivity contribution is 0.122. The molecule has 0 atom stereocenters. The van der Waals surface area contributed by atoms with E-state index in [-0.39, 0.29) is 18.0 Å². The largest absolute Gasteiger partial charge is 0.396 e. The number of aryl methyl sites for hydroxylation is 1. The van der Waals surface area contributed by atoms with Crippen LogP contribution in [0.3, 0.4) is 0 Å². The Morgan fingerprint density at radius 3 is 2.86 bits per heavy atom. The summed E-state index contributed by atoms with van der Waals surface area (Å²) in [5.41, 5.74) is 0. The van der Waals surface area contributed by atoms with Gasteiger partial charge in [-0.3, -0.25) is 4.68 Å². The zero-order chi connectivity index (χ0) is 15.7. The number of aliphatic hydroxyl groups excluding tert-OH is 1. The average molecular weight is 320 g/mol. The lowest BCUT2D eigenvalue weighted by Gasteiger charge is -2.10. The monoisotopic (exact) mass is 320 g/mol. The number of nitrogens with one attached hydrogen (secondary N) is 1. The molecule has 0 aliphatic carbocycles. The first kappa shape index (κ1) is 18.1. The first-order valence-corrected chi connectivity index (χ1v) is 8.29. The van der Waals surface area contributed by atoms with Crippen LogP contribution in [0.4, 0.5) is 0 Å². The Labute approximate surface area is 125 Å². The molecular formula is C12H24N4O4S. The first-order chi connectivity index (χ1) is 9.95. The van der Waals surface area contributed by atoms with Gasteiger partial charge in [-0.05, 0) is 20.5 Å². The van der Waals surface area contributed by atoms with Gasteiger partial charge in [-0.25, -0.2) is 13.1 Å². The van der Waals surface area contributed by atoms with Gasteiger partial charge in [0, 0.05) is 32.4 Å². The molecular weight excluding hydrogens is 296 g/mol. The Morgan fingerprint density at radius 1 is 1.43 bits per heavy atom. The summed E-state index contributed by atoms with van der Waals surface area (Å²) in [6, 6.07) is 0. The number of hydrogen-bond donors (Lipinski definition) is 2. The van der Waals surface area contributed by atoms with Crippen molar-refractivity contribution in [3.63, 3.8) is 0 Å². The molecule has 1 heterocycles. The molecule has 1 rings (SSSR count). The second-order valence-corrected chi connectivity index (χ2v) is 6.60. The van der Waals surface area contributed by atoms with Gasteiger partial charge in [-0.2, -0.15) is 5.10 Å². The van der Waals surface area contributed by atoms with E-state index < -0.39 is 10.0 Å². The van der Waals surface area contributed by atoms with Gasteiger partial charge >= 0.3 is 0 Å². The number of nitrogens with zero attached hydrogens (tertiary/aromatic N) is 3. The fourth-order valence-electron chi connectivity index (χ4n) is 1.52. The highest BCUT2D eigenvalue weighted by Gasteiger charge is 2.15. The molecule has 0 radical (unpaired) electrons. The summed E-state index contributed by atoms with van der Waals surface area (Å²) in [6.45, 7) is 2.44. The van der Waals surface area contributed by atoms with Crippen molar-refractivity contribution < 1.29 is 18.3 Å². The van der Waals surface area contributed by atoms with Gasteiger partial charge in [0.2, 0.25) is 10.0 Å². The van der Waals surface area contributed by atoms with Crippen molar-refractivity contribution in [2.75, 3.05) is 47.0 Å². The molecule has 0 spiro atoms. The molecule has 0 saturated carbocycles. The zero-order valence-corrected chi connectivity index (χ0v) is 13.3. The smallest absolute Gasteiger partial charge is 0.243 e. The van der Waals surface area contributed by atoms with Crippen LogP contribution in [0.15, 0.2) is 17.3 Å². The molecule has 122 valence electrons. The van der Waals surface area contributed by atoms with E-state index in [1.54, 1.807) is 0 Å². The van der Waals surface area contributed by atoms with Crippen molar-refractivity contribution in [2.24, 2.45) is 0 Å². The van der Waals surface area contributed by atoms with Crippen LogP contribution in [-0.4, -0.2) is 75.2 Å². The maximum Gasteiger partial charge on any atom is 0.243 e. The maximum absolute atomic E-state index is 12.0. The van der Waals surface area contributed by atoms with Crippen molar-refractivity contribution >= 4 is 10.0 Å². The molecule has 8 nitrogen and oxygen atoms in total. The summed E-state index contributed by atoms with van der Waals surface area (Å²) in [6.07, 6.45) is 3.28. The van der Waals surface area contributed by atoms with Crippen molar-refractivity contribution in [3.8, 4) is 0 Å². The quantitative estimate of drug-likeness (QED) is 0.514. The molecule has 0 saturated heterocycles. The molecule has 21 heavy (non-hydrogen) atoms. The topological polar surface area (TPSA) is 96.7 Å². The summed E-state index contributed by atoms with van der Waals surface area (Å²) in [5.74, 6) is 0. The van der Waals surface area contributed by atoms with Crippen LogP contribution in [0.2, 0.25) is 0 Å². The summed E-state index contributed by atoms with van der Waals surface area (Å²) in [7, 11) is 0.336. The summed E-state index contributed by atoms with van der Waals surface area (Å²) in [4.78, 5) is 2.11. The minimum absolute atomic E-state index is 0.0461. The Morgan fingerprint density at radius 2 is 2.19 bits per heavy atom.